The first-order chi connectivity index (χ1) is 16.5. The molecule has 11 heteroatoms. The third kappa shape index (κ3) is 3.86. The molecule has 2 aliphatic heterocycles. The Labute approximate surface area is 199 Å². The van der Waals surface area contributed by atoms with Crippen LogP contribution in [-0.4, -0.2) is 79.2 Å². The van der Waals surface area contributed by atoms with Crippen LogP contribution in [0.2, 0.25) is 0 Å². The van der Waals surface area contributed by atoms with Crippen molar-refractivity contribution >= 4 is 22.5 Å². The first-order valence-electron chi connectivity index (χ1n) is 10.9. The number of aliphatic hydroxyl groups is 3. The number of carbonyl (C=O) groups is 2. The van der Waals surface area contributed by atoms with E-state index in [9.17, 15) is 40.2 Å². The number of allylic oxidation sites excluding steroid dienone is 1. The molecule has 0 amide bonds. The van der Waals surface area contributed by atoms with Crippen molar-refractivity contribution in [2.75, 3.05) is 6.61 Å². The Balaban J connectivity index is 1.84. The van der Waals surface area contributed by atoms with Gasteiger partial charge in [0.2, 0.25) is 6.29 Å². The van der Waals surface area contributed by atoms with Crippen molar-refractivity contribution in [3.8, 4) is 17.2 Å². The van der Waals surface area contributed by atoms with Gasteiger partial charge >= 0.3 is 5.97 Å². The van der Waals surface area contributed by atoms with E-state index in [2.05, 4.69) is 0 Å². The molecule has 2 heterocycles. The van der Waals surface area contributed by atoms with E-state index in [1.165, 1.54) is 20.1 Å². The second-order valence-electron chi connectivity index (χ2n) is 8.67. The number of carboxylic acids is 1. The van der Waals surface area contributed by atoms with Gasteiger partial charge < -0.3 is 44.8 Å². The van der Waals surface area contributed by atoms with Crippen LogP contribution in [0, 0.1) is 6.92 Å². The first kappa shape index (κ1) is 24.7. The lowest BCUT2D eigenvalue weighted by atomic mass is 9.79. The van der Waals surface area contributed by atoms with Gasteiger partial charge in [-0.15, -0.1) is 0 Å². The van der Waals surface area contributed by atoms with Gasteiger partial charge in [-0.25, -0.2) is 4.79 Å². The molecule has 2 aromatic carbocycles. The molecule has 4 rings (SSSR count). The molecule has 188 valence electrons. The van der Waals surface area contributed by atoms with Crippen molar-refractivity contribution in [1.82, 2.24) is 0 Å². The minimum Gasteiger partial charge on any atom is -0.507 e. The van der Waals surface area contributed by atoms with Gasteiger partial charge in [-0.3, -0.25) is 4.79 Å². The molecule has 0 saturated carbocycles. The Hall–Kier alpha value is -3.38. The number of aliphatic hydroxyl groups excluding tert-OH is 3. The maximum Gasteiger partial charge on any atom is 0.335 e. The second kappa shape index (κ2) is 9.00. The highest BCUT2D eigenvalue weighted by atomic mass is 16.7. The lowest BCUT2D eigenvalue weighted by Gasteiger charge is -2.50. The standard InChI is InChI=1S/C24H26O11/c1-10-16(11(2)26)19(28)17-13(18(10)27)7-12(22(31)32)8-14(17)34-23-20(29)21(30)24(15(9-25)35-23)5-3-4-6-33-24/h4,6-8,15,20-21,23,25,27-30H,3,5,9H2,1-2H3,(H,31,32). The van der Waals surface area contributed by atoms with Crippen LogP contribution >= 0.6 is 0 Å². The number of aromatic carboxylic acids is 1. The summed E-state index contributed by atoms with van der Waals surface area (Å²) in [6.07, 6.45) is -2.21. The summed E-state index contributed by atoms with van der Waals surface area (Å²) >= 11 is 0. The topological polar surface area (TPSA) is 183 Å². The highest BCUT2D eigenvalue weighted by Crippen LogP contribution is 2.46. The van der Waals surface area contributed by atoms with E-state index in [0.29, 0.717) is 6.42 Å². The van der Waals surface area contributed by atoms with Crippen LogP contribution < -0.4 is 4.74 Å². The third-order valence-corrected chi connectivity index (χ3v) is 6.60. The zero-order valence-corrected chi connectivity index (χ0v) is 19.0. The van der Waals surface area contributed by atoms with Crippen LogP contribution in [0.4, 0.5) is 0 Å². The molecular formula is C24H26O11. The summed E-state index contributed by atoms with van der Waals surface area (Å²) in [5.41, 5.74) is -1.90. The summed E-state index contributed by atoms with van der Waals surface area (Å²) in [4.78, 5) is 23.9. The van der Waals surface area contributed by atoms with Crippen molar-refractivity contribution in [1.29, 1.82) is 0 Å². The summed E-state index contributed by atoms with van der Waals surface area (Å²) in [7, 11) is 0. The van der Waals surface area contributed by atoms with Crippen molar-refractivity contribution < 1.29 is 54.4 Å². The molecule has 1 fully saturated rings. The lowest BCUT2D eigenvalue weighted by Crippen LogP contribution is -2.68. The summed E-state index contributed by atoms with van der Waals surface area (Å²) in [6, 6.07) is 2.14. The summed E-state index contributed by atoms with van der Waals surface area (Å²) < 4.78 is 17.1. The predicted octanol–water partition coefficient (Wildman–Crippen LogP) is 1.34. The summed E-state index contributed by atoms with van der Waals surface area (Å²) in [6.45, 7) is 1.99. The summed E-state index contributed by atoms with van der Waals surface area (Å²) in [5, 5.41) is 62.5. The van der Waals surface area contributed by atoms with Gasteiger partial charge in [-0.2, -0.15) is 0 Å². The van der Waals surface area contributed by atoms with Crippen molar-refractivity contribution in [2.45, 2.75) is 56.9 Å². The van der Waals surface area contributed by atoms with E-state index < -0.39 is 60.1 Å². The molecule has 11 nitrogen and oxygen atoms in total. The highest BCUT2D eigenvalue weighted by molar-refractivity contribution is 6.11. The molecule has 2 aliphatic rings. The van der Waals surface area contributed by atoms with Gasteiger partial charge in [0.1, 0.15) is 35.6 Å². The van der Waals surface area contributed by atoms with Crippen molar-refractivity contribution in [2.24, 2.45) is 0 Å². The zero-order chi connectivity index (χ0) is 25.7. The fraction of sp³-hybridized carbons (Fsp3) is 0.417. The Morgan fingerprint density at radius 2 is 1.91 bits per heavy atom. The van der Waals surface area contributed by atoms with Crippen LogP contribution in [0.3, 0.4) is 0 Å². The molecule has 1 spiro atoms. The van der Waals surface area contributed by atoms with Crippen LogP contribution in [0.15, 0.2) is 24.5 Å². The van der Waals surface area contributed by atoms with E-state index in [-0.39, 0.29) is 39.6 Å². The van der Waals surface area contributed by atoms with E-state index in [1.54, 1.807) is 6.08 Å². The Morgan fingerprint density at radius 3 is 2.49 bits per heavy atom. The largest absolute Gasteiger partial charge is 0.507 e. The maximum atomic E-state index is 12.2. The number of carboxylic acid groups (broad SMARTS) is 1. The third-order valence-electron chi connectivity index (χ3n) is 6.60. The van der Waals surface area contributed by atoms with Gasteiger partial charge in [-0.1, -0.05) is 0 Å². The average molecular weight is 490 g/mol. The Bertz CT molecular complexity index is 1220. The smallest absolute Gasteiger partial charge is 0.335 e. The average Bonchev–Trinajstić information content (AvgIpc) is 2.83. The molecule has 0 aromatic heterocycles. The molecule has 0 aliphatic carbocycles. The fourth-order valence-electron chi connectivity index (χ4n) is 4.79. The number of aromatic hydroxyl groups is 2. The van der Waals surface area contributed by atoms with E-state index in [0.717, 1.165) is 12.1 Å². The van der Waals surface area contributed by atoms with Gasteiger partial charge in [0.05, 0.1) is 29.4 Å². The molecule has 0 bridgehead atoms. The van der Waals surface area contributed by atoms with E-state index >= 15 is 0 Å². The molecule has 2 aromatic rings. The van der Waals surface area contributed by atoms with Crippen LogP contribution in [0.25, 0.3) is 10.8 Å². The van der Waals surface area contributed by atoms with Gasteiger partial charge in [-0.05, 0) is 44.9 Å². The van der Waals surface area contributed by atoms with Crippen molar-refractivity contribution in [3.05, 3.63) is 41.2 Å². The number of benzene rings is 2. The predicted molar refractivity (Wildman–Crippen MR) is 120 cm³/mol. The number of ether oxygens (including phenoxy) is 3. The number of phenolic OH excluding ortho intramolecular Hbond substituents is 2. The minimum absolute atomic E-state index is 0.0464. The van der Waals surface area contributed by atoms with Crippen LogP contribution in [0.5, 0.6) is 17.2 Å². The number of rotatable bonds is 5. The SMILES string of the molecule is CC(=O)c1c(C)c(O)c2cc(C(=O)O)cc(OC3OC(CO)C4(CCC=CO4)C(O)C3O)c2c1O. The maximum absolute atomic E-state index is 12.2. The molecule has 35 heavy (non-hydrogen) atoms. The quantitative estimate of drug-likeness (QED) is 0.263. The zero-order valence-electron chi connectivity index (χ0n) is 19.0. The number of hydrogen-bond acceptors (Lipinski definition) is 10. The first-order valence-corrected chi connectivity index (χ1v) is 10.9. The summed E-state index contributed by atoms with van der Waals surface area (Å²) in [5.74, 6) is -3.25. The van der Waals surface area contributed by atoms with E-state index in [4.69, 9.17) is 14.2 Å². The fourth-order valence-corrected chi connectivity index (χ4v) is 4.79. The Morgan fingerprint density at radius 1 is 1.20 bits per heavy atom. The molecule has 6 N–H and O–H groups in total. The number of phenols is 2. The van der Waals surface area contributed by atoms with Gasteiger partial charge in [0.15, 0.2) is 11.4 Å². The number of fused-ring (bicyclic) bond motifs is 1. The van der Waals surface area contributed by atoms with Crippen LogP contribution in [0.1, 0.15) is 46.0 Å². The Kier molecular flexibility index (Phi) is 6.36. The normalized spacial score (nSPS) is 28.1. The minimum atomic E-state index is -1.71. The number of Topliss-reactive ketones (excluding diaryl/α,β-unsaturated/α-hetero) is 1. The second-order valence-corrected chi connectivity index (χ2v) is 8.67. The van der Waals surface area contributed by atoms with Gasteiger partial charge in [0, 0.05) is 10.9 Å². The van der Waals surface area contributed by atoms with E-state index in [1.807, 2.05) is 0 Å². The molecule has 0 radical (unpaired) electrons. The monoisotopic (exact) mass is 490 g/mol. The molecule has 5 atom stereocenters. The molecule has 1 saturated heterocycles. The molecular weight excluding hydrogens is 464 g/mol. The van der Waals surface area contributed by atoms with Crippen LogP contribution in [-0.2, 0) is 9.47 Å². The number of ketones is 1. The number of hydrogen-bond donors (Lipinski definition) is 6. The van der Waals surface area contributed by atoms with Crippen molar-refractivity contribution in [3.63, 3.8) is 0 Å². The molecule has 5 unspecified atom stereocenters. The lowest BCUT2D eigenvalue weighted by molar-refractivity contribution is -0.316. The van der Waals surface area contributed by atoms with Gasteiger partial charge in [0.25, 0.3) is 0 Å². The highest BCUT2D eigenvalue weighted by Gasteiger charge is 2.58. The number of carbonyl (C=O) groups excluding carboxylic acids is 1.